The van der Waals surface area contributed by atoms with Gasteiger partial charge in [0.15, 0.2) is 17.4 Å². The van der Waals surface area contributed by atoms with Crippen LogP contribution in [0.25, 0.3) is 5.65 Å². The standard InChI is InChI=1S/C22H26F2N6.HI/c1-2-25-21(26-14-19-29-28-18-10-3-6-13-30(18)19)27-15-22(11-4-5-12-22)20-16(23)8-7-9-17(20)24;/h3,6-10,13H,2,4-5,11-12,14-15H2,1H3,(H2,25,26,27);1H. The first-order chi connectivity index (χ1) is 14.6. The summed E-state index contributed by atoms with van der Waals surface area (Å²) in [5, 5.41) is 14.9. The van der Waals surface area contributed by atoms with E-state index >= 15 is 0 Å². The van der Waals surface area contributed by atoms with E-state index in [0.29, 0.717) is 25.6 Å². The molecule has 0 atom stereocenters. The highest BCUT2D eigenvalue weighted by molar-refractivity contribution is 14.0. The maximum absolute atomic E-state index is 14.6. The number of pyridine rings is 1. The Balaban J connectivity index is 0.00000272. The highest BCUT2D eigenvalue weighted by atomic mass is 127. The van der Waals surface area contributed by atoms with E-state index in [0.717, 1.165) is 37.2 Å². The lowest BCUT2D eigenvalue weighted by Gasteiger charge is -2.31. The van der Waals surface area contributed by atoms with Crippen molar-refractivity contribution >= 4 is 35.6 Å². The number of benzene rings is 1. The Morgan fingerprint density at radius 2 is 1.81 bits per heavy atom. The van der Waals surface area contributed by atoms with E-state index in [9.17, 15) is 8.78 Å². The number of fused-ring (bicyclic) bond motifs is 1. The Morgan fingerprint density at radius 1 is 1.06 bits per heavy atom. The van der Waals surface area contributed by atoms with Crippen LogP contribution in [-0.4, -0.2) is 33.6 Å². The zero-order valence-corrected chi connectivity index (χ0v) is 19.8. The summed E-state index contributed by atoms with van der Waals surface area (Å²) in [6.07, 6.45) is 5.29. The number of nitrogens with zero attached hydrogens (tertiary/aromatic N) is 4. The van der Waals surface area contributed by atoms with Crippen LogP contribution in [0.15, 0.2) is 47.6 Å². The second-order valence-electron chi connectivity index (χ2n) is 7.68. The number of hydrogen-bond donors (Lipinski definition) is 2. The Bertz CT molecular complexity index is 1030. The van der Waals surface area contributed by atoms with Gasteiger partial charge in [-0.05, 0) is 44.0 Å². The van der Waals surface area contributed by atoms with Gasteiger partial charge in [-0.3, -0.25) is 4.40 Å². The minimum Gasteiger partial charge on any atom is -0.357 e. The van der Waals surface area contributed by atoms with Crippen molar-refractivity contribution in [3.63, 3.8) is 0 Å². The van der Waals surface area contributed by atoms with Gasteiger partial charge in [-0.1, -0.05) is 25.0 Å². The number of nitrogens with one attached hydrogen (secondary N) is 2. The molecule has 2 heterocycles. The molecule has 2 aromatic heterocycles. The Morgan fingerprint density at radius 3 is 2.52 bits per heavy atom. The van der Waals surface area contributed by atoms with Gasteiger partial charge in [0.2, 0.25) is 0 Å². The second kappa shape index (κ2) is 10.3. The molecule has 1 fully saturated rings. The van der Waals surface area contributed by atoms with Crippen molar-refractivity contribution in [2.45, 2.75) is 44.6 Å². The number of aliphatic imine (C=N–C) groups is 1. The van der Waals surface area contributed by atoms with Gasteiger partial charge in [-0.15, -0.1) is 34.2 Å². The summed E-state index contributed by atoms with van der Waals surface area (Å²) >= 11 is 0. The van der Waals surface area contributed by atoms with Gasteiger partial charge in [0.05, 0.1) is 0 Å². The minimum atomic E-state index is -0.576. The van der Waals surface area contributed by atoms with Crippen molar-refractivity contribution in [2.75, 3.05) is 13.1 Å². The van der Waals surface area contributed by atoms with E-state index in [1.807, 2.05) is 35.7 Å². The summed E-state index contributed by atoms with van der Waals surface area (Å²) in [6, 6.07) is 9.81. The average Bonchev–Trinajstić information content (AvgIpc) is 3.38. The monoisotopic (exact) mass is 540 g/mol. The number of aromatic nitrogens is 3. The highest BCUT2D eigenvalue weighted by Crippen LogP contribution is 2.42. The predicted molar refractivity (Wildman–Crippen MR) is 128 cm³/mol. The number of hydrogen-bond acceptors (Lipinski definition) is 3. The molecule has 1 aliphatic carbocycles. The van der Waals surface area contributed by atoms with Crippen molar-refractivity contribution in [1.82, 2.24) is 25.2 Å². The first kappa shape index (κ1) is 23.4. The first-order valence-electron chi connectivity index (χ1n) is 10.4. The highest BCUT2D eigenvalue weighted by Gasteiger charge is 2.40. The number of rotatable bonds is 6. The predicted octanol–water partition coefficient (Wildman–Crippen LogP) is 4.19. The average molecular weight is 540 g/mol. The molecule has 1 aliphatic rings. The summed E-state index contributed by atoms with van der Waals surface area (Å²) < 4.78 is 31.0. The van der Waals surface area contributed by atoms with Crippen LogP contribution >= 0.6 is 24.0 Å². The van der Waals surface area contributed by atoms with E-state index in [-0.39, 0.29) is 29.5 Å². The molecule has 31 heavy (non-hydrogen) atoms. The maximum Gasteiger partial charge on any atom is 0.191 e. The fraction of sp³-hybridized carbons (Fsp3) is 0.409. The zero-order valence-electron chi connectivity index (χ0n) is 17.4. The molecule has 1 saturated carbocycles. The molecule has 0 unspecified atom stereocenters. The van der Waals surface area contributed by atoms with Gasteiger partial charge in [-0.2, -0.15) is 0 Å². The van der Waals surface area contributed by atoms with Crippen molar-refractivity contribution in [1.29, 1.82) is 0 Å². The maximum atomic E-state index is 14.6. The second-order valence-corrected chi connectivity index (χ2v) is 7.68. The number of halogens is 3. The van der Waals surface area contributed by atoms with Crippen molar-refractivity contribution < 1.29 is 8.78 Å². The minimum absolute atomic E-state index is 0. The van der Waals surface area contributed by atoms with Gasteiger partial charge in [0, 0.05) is 30.3 Å². The normalized spacial score (nSPS) is 15.6. The molecule has 0 saturated heterocycles. The molecule has 0 spiro atoms. The third kappa shape index (κ3) is 4.97. The van der Waals surface area contributed by atoms with Gasteiger partial charge < -0.3 is 10.6 Å². The fourth-order valence-electron chi connectivity index (χ4n) is 4.31. The van der Waals surface area contributed by atoms with Crippen molar-refractivity contribution in [3.8, 4) is 0 Å². The lowest BCUT2D eigenvalue weighted by molar-refractivity contribution is 0.386. The Hall–Kier alpha value is -2.30. The van der Waals surface area contributed by atoms with Crippen molar-refractivity contribution in [2.24, 2.45) is 4.99 Å². The lowest BCUT2D eigenvalue weighted by atomic mass is 9.78. The topological polar surface area (TPSA) is 66.6 Å². The van der Waals surface area contributed by atoms with E-state index < -0.39 is 17.0 Å². The molecular weight excluding hydrogens is 513 g/mol. The smallest absolute Gasteiger partial charge is 0.191 e. The molecule has 6 nitrogen and oxygen atoms in total. The van der Waals surface area contributed by atoms with E-state index in [2.05, 4.69) is 25.8 Å². The Labute approximate surface area is 197 Å². The summed E-state index contributed by atoms with van der Waals surface area (Å²) in [7, 11) is 0. The quantitative estimate of drug-likeness (QED) is 0.280. The molecule has 3 aromatic rings. The lowest BCUT2D eigenvalue weighted by Crippen LogP contribution is -2.45. The molecule has 0 radical (unpaired) electrons. The van der Waals surface area contributed by atoms with Crippen LogP contribution in [-0.2, 0) is 12.0 Å². The molecule has 0 amide bonds. The molecular formula is C22H27F2IN6. The van der Waals surface area contributed by atoms with Gasteiger partial charge >= 0.3 is 0 Å². The van der Waals surface area contributed by atoms with Crippen LogP contribution in [0.1, 0.15) is 44.0 Å². The van der Waals surface area contributed by atoms with Gasteiger partial charge in [-0.25, -0.2) is 13.8 Å². The van der Waals surface area contributed by atoms with Gasteiger partial charge in [0.25, 0.3) is 0 Å². The summed E-state index contributed by atoms with van der Waals surface area (Å²) in [5.41, 5.74) is 0.377. The van der Waals surface area contributed by atoms with E-state index in [1.54, 1.807) is 0 Å². The largest absolute Gasteiger partial charge is 0.357 e. The fourth-order valence-corrected chi connectivity index (χ4v) is 4.31. The molecule has 0 aliphatic heterocycles. The van der Waals surface area contributed by atoms with E-state index in [1.165, 1.54) is 18.2 Å². The van der Waals surface area contributed by atoms with Crippen LogP contribution in [0.4, 0.5) is 8.78 Å². The zero-order chi connectivity index (χ0) is 21.0. The number of guanidine groups is 1. The molecule has 1 aromatic carbocycles. The van der Waals surface area contributed by atoms with Gasteiger partial charge in [0.1, 0.15) is 18.2 Å². The van der Waals surface area contributed by atoms with Crippen LogP contribution in [0.3, 0.4) is 0 Å². The van der Waals surface area contributed by atoms with Crippen LogP contribution in [0, 0.1) is 11.6 Å². The third-order valence-corrected chi connectivity index (χ3v) is 5.76. The van der Waals surface area contributed by atoms with Crippen LogP contribution < -0.4 is 10.6 Å². The molecule has 2 N–H and O–H groups in total. The molecule has 166 valence electrons. The molecule has 0 bridgehead atoms. The Kier molecular flexibility index (Phi) is 7.79. The first-order valence-corrected chi connectivity index (χ1v) is 10.4. The van der Waals surface area contributed by atoms with Crippen LogP contribution in [0.5, 0.6) is 0 Å². The third-order valence-electron chi connectivity index (χ3n) is 5.76. The van der Waals surface area contributed by atoms with Crippen LogP contribution in [0.2, 0.25) is 0 Å². The summed E-state index contributed by atoms with van der Waals surface area (Å²) in [6.45, 7) is 3.40. The summed E-state index contributed by atoms with van der Waals surface area (Å²) in [4.78, 5) is 4.62. The SMILES string of the molecule is CCNC(=NCc1nnc2ccccn12)NCC1(c2c(F)cccc2F)CCCC1.I. The summed E-state index contributed by atoms with van der Waals surface area (Å²) in [5.74, 6) is 0.359. The van der Waals surface area contributed by atoms with Crippen molar-refractivity contribution in [3.05, 3.63) is 65.6 Å². The van der Waals surface area contributed by atoms with E-state index in [4.69, 9.17) is 0 Å². The molecule has 9 heteroatoms. The molecule has 4 rings (SSSR count).